The average Bonchev–Trinajstić information content (AvgIpc) is 3.56. The minimum atomic E-state index is -3.74. The summed E-state index contributed by atoms with van der Waals surface area (Å²) in [5, 5.41) is 7.19. The second-order valence-electron chi connectivity index (χ2n) is 11.4. The number of benzene rings is 1. The van der Waals surface area contributed by atoms with Gasteiger partial charge in [-0.2, -0.15) is 5.10 Å². The number of carbonyl (C=O) groups excluding carboxylic acids is 2. The van der Waals surface area contributed by atoms with Crippen LogP contribution in [0.2, 0.25) is 0 Å². The van der Waals surface area contributed by atoms with Gasteiger partial charge in [-0.05, 0) is 81.5 Å². The molecule has 0 bridgehead atoms. The Labute approximate surface area is 223 Å². The molecule has 0 saturated heterocycles. The van der Waals surface area contributed by atoms with Gasteiger partial charge in [0, 0.05) is 25.2 Å². The summed E-state index contributed by atoms with van der Waals surface area (Å²) in [6.07, 6.45) is 6.81. The smallest absolute Gasteiger partial charge is 0.410 e. The van der Waals surface area contributed by atoms with Crippen molar-refractivity contribution in [3.05, 3.63) is 34.5 Å². The van der Waals surface area contributed by atoms with Crippen LogP contribution in [-0.4, -0.2) is 56.8 Å². The van der Waals surface area contributed by atoms with Gasteiger partial charge in [0.1, 0.15) is 10.5 Å². The number of ether oxygens (including phenoxy) is 2. The molecule has 0 unspecified atom stereocenters. The first kappa shape index (κ1) is 26.3. The van der Waals surface area contributed by atoms with Gasteiger partial charge in [-0.25, -0.2) is 28.0 Å². The molecule has 2 aliphatic carbocycles. The van der Waals surface area contributed by atoms with Crippen LogP contribution in [0.3, 0.4) is 0 Å². The van der Waals surface area contributed by atoms with Gasteiger partial charge < -0.3 is 19.7 Å². The molecule has 11 nitrogen and oxygen atoms in total. The lowest BCUT2D eigenvalue weighted by Gasteiger charge is -2.30. The highest BCUT2D eigenvalue weighted by molar-refractivity contribution is 7.91. The predicted molar refractivity (Wildman–Crippen MR) is 142 cm³/mol. The van der Waals surface area contributed by atoms with Gasteiger partial charge >= 0.3 is 12.1 Å². The van der Waals surface area contributed by atoms with Gasteiger partial charge in [0.15, 0.2) is 9.92 Å². The Morgan fingerprint density at radius 3 is 2.50 bits per heavy atom. The molecular formula is C26H36N6O5S. The Balaban J connectivity index is 1.25. The molecular weight excluding hydrogens is 508 g/mol. The number of rotatable bonds is 5. The monoisotopic (exact) mass is 544 g/mol. The number of anilines is 1. The number of nitrogens with one attached hydrogen (secondary N) is 3. The van der Waals surface area contributed by atoms with Crippen molar-refractivity contribution in [2.45, 2.75) is 76.3 Å². The molecule has 0 fully saturated rings. The number of carbonyl (C=O) groups is 2. The van der Waals surface area contributed by atoms with E-state index in [4.69, 9.17) is 14.3 Å². The van der Waals surface area contributed by atoms with Crippen molar-refractivity contribution in [2.24, 2.45) is 5.92 Å². The molecule has 0 spiro atoms. The Bertz CT molecular complexity index is 1350. The fraction of sp³-hybridized carbons (Fsp3) is 0.577. The second-order valence-corrected chi connectivity index (χ2v) is 13.1. The van der Waals surface area contributed by atoms with Gasteiger partial charge in [0.2, 0.25) is 5.88 Å². The van der Waals surface area contributed by atoms with Crippen molar-refractivity contribution >= 4 is 27.7 Å². The first-order valence-corrected chi connectivity index (χ1v) is 14.6. The maximum Gasteiger partial charge on any atom is 0.410 e. The molecule has 1 aromatic heterocycles. The van der Waals surface area contributed by atoms with E-state index >= 15 is 0 Å². The van der Waals surface area contributed by atoms with Crippen LogP contribution in [-0.2, 0) is 46.9 Å². The molecule has 38 heavy (non-hydrogen) atoms. The lowest BCUT2D eigenvalue weighted by molar-refractivity contribution is 0.0232. The third-order valence-electron chi connectivity index (χ3n) is 7.14. The van der Waals surface area contributed by atoms with E-state index in [9.17, 15) is 13.8 Å². The first-order chi connectivity index (χ1) is 17.9. The minimum Gasteiger partial charge on any atom is -0.476 e. The summed E-state index contributed by atoms with van der Waals surface area (Å²) >= 11 is 0. The fourth-order valence-corrected chi connectivity index (χ4v) is 6.56. The van der Waals surface area contributed by atoms with Crippen LogP contribution in [0.1, 0.15) is 55.9 Å². The number of nitrogens with zero attached hydrogens (tertiary/aromatic N) is 3. The van der Waals surface area contributed by atoms with Crippen LogP contribution in [0.5, 0.6) is 5.88 Å². The van der Waals surface area contributed by atoms with E-state index in [0.29, 0.717) is 13.1 Å². The zero-order valence-electron chi connectivity index (χ0n) is 22.4. The molecule has 12 heteroatoms. The van der Waals surface area contributed by atoms with E-state index in [1.165, 1.54) is 26.9 Å². The summed E-state index contributed by atoms with van der Waals surface area (Å²) in [6, 6.07) is 1.60. The summed E-state index contributed by atoms with van der Waals surface area (Å²) in [5.41, 5.74) is 5.10. The molecule has 2 atom stereocenters. The van der Waals surface area contributed by atoms with Gasteiger partial charge in [0.25, 0.3) is 0 Å². The number of hydrogen-bond acceptors (Lipinski definition) is 7. The topological polar surface area (TPSA) is 139 Å². The quantitative estimate of drug-likeness (QED) is 0.522. The van der Waals surface area contributed by atoms with Gasteiger partial charge in [0.05, 0.1) is 19.3 Å². The Morgan fingerprint density at radius 2 is 1.87 bits per heavy atom. The molecule has 3 amide bonds. The summed E-state index contributed by atoms with van der Waals surface area (Å²) in [6.45, 7) is 6.47. The highest BCUT2D eigenvalue weighted by atomic mass is 32.2. The van der Waals surface area contributed by atoms with E-state index in [1.807, 2.05) is 20.8 Å². The number of aromatic nitrogens is 2. The van der Waals surface area contributed by atoms with Crippen molar-refractivity contribution < 1.29 is 23.3 Å². The molecule has 0 radical (unpaired) electrons. The number of hydrogen-bond donors (Lipinski definition) is 3. The van der Waals surface area contributed by atoms with Gasteiger partial charge in [-0.3, -0.25) is 0 Å². The standard InChI is InChI=1S/C26H36N6O5S/c1-26(2,3)37-25(34)31(4)13-16-14-32-23(36-15-16)21(12-28-32)38(27,35)30-24(33)29-22-19-9-5-7-17(19)11-18-8-6-10-20(18)22/h11-12,16H,5-10,13-15H2,1-4H3,(H3,27,29,30,33,35)/t16-,38+/m1/s1. The molecule has 0 saturated carbocycles. The van der Waals surface area contributed by atoms with E-state index in [0.717, 1.165) is 55.3 Å². The zero-order chi connectivity index (χ0) is 27.2. The highest BCUT2D eigenvalue weighted by Crippen LogP contribution is 2.38. The van der Waals surface area contributed by atoms with Crippen LogP contribution in [0.4, 0.5) is 15.3 Å². The molecule has 1 aliphatic heterocycles. The van der Waals surface area contributed by atoms with Crippen molar-refractivity contribution in [3.8, 4) is 5.88 Å². The second kappa shape index (κ2) is 9.79. The molecule has 1 aromatic carbocycles. The normalized spacial score (nSPS) is 19.4. The number of urea groups is 1. The third kappa shape index (κ3) is 5.31. The lowest BCUT2D eigenvalue weighted by Crippen LogP contribution is -2.41. The summed E-state index contributed by atoms with van der Waals surface area (Å²) in [4.78, 5) is 26.8. The Morgan fingerprint density at radius 1 is 1.21 bits per heavy atom. The van der Waals surface area contributed by atoms with Gasteiger partial charge in [-0.15, -0.1) is 0 Å². The Hall–Kier alpha value is -3.28. The summed E-state index contributed by atoms with van der Waals surface area (Å²) in [7, 11) is -2.07. The SMILES string of the molecule is CN(C[C@H]1COc2c([S@@](=N)(=O)NC(=O)Nc3c4c(cc5c3CCC5)CCC4)cnn2C1)C(=O)OC(C)(C)C. The van der Waals surface area contributed by atoms with Crippen LogP contribution in [0, 0.1) is 10.7 Å². The third-order valence-corrected chi connectivity index (χ3v) is 8.51. The highest BCUT2D eigenvalue weighted by Gasteiger charge is 2.32. The van der Waals surface area contributed by atoms with Crippen LogP contribution >= 0.6 is 0 Å². The molecule has 206 valence electrons. The van der Waals surface area contributed by atoms with Crippen LogP contribution in [0.15, 0.2) is 17.2 Å². The molecule has 2 aromatic rings. The summed E-state index contributed by atoms with van der Waals surface area (Å²) in [5.74, 6) is 0.121. The predicted octanol–water partition coefficient (Wildman–Crippen LogP) is 3.88. The maximum atomic E-state index is 13.4. The fourth-order valence-electron chi connectivity index (χ4n) is 5.53. The van der Waals surface area contributed by atoms with Crippen molar-refractivity contribution in [3.63, 3.8) is 0 Å². The van der Waals surface area contributed by atoms with E-state index in [2.05, 4.69) is 21.2 Å². The molecule has 2 heterocycles. The number of aryl methyl sites for hydroxylation is 2. The lowest BCUT2D eigenvalue weighted by atomic mass is 9.99. The first-order valence-electron chi connectivity index (χ1n) is 13.1. The average molecular weight is 545 g/mol. The maximum absolute atomic E-state index is 13.4. The van der Waals surface area contributed by atoms with E-state index in [1.54, 1.807) is 7.05 Å². The molecule has 3 aliphatic rings. The summed E-state index contributed by atoms with van der Waals surface area (Å²) < 4.78 is 37.0. The zero-order valence-corrected chi connectivity index (χ0v) is 23.2. The minimum absolute atomic E-state index is 0.0233. The van der Waals surface area contributed by atoms with E-state index < -0.39 is 27.6 Å². The van der Waals surface area contributed by atoms with Crippen molar-refractivity contribution in [1.29, 1.82) is 4.78 Å². The number of fused-ring (bicyclic) bond motifs is 3. The van der Waals surface area contributed by atoms with Crippen molar-refractivity contribution in [1.82, 2.24) is 19.4 Å². The van der Waals surface area contributed by atoms with Gasteiger partial charge in [-0.1, -0.05) is 6.07 Å². The molecule has 3 N–H and O–H groups in total. The van der Waals surface area contributed by atoms with Crippen LogP contribution < -0.4 is 14.8 Å². The van der Waals surface area contributed by atoms with Crippen LogP contribution in [0.25, 0.3) is 0 Å². The molecule has 5 rings (SSSR count). The Kier molecular flexibility index (Phi) is 6.79. The van der Waals surface area contributed by atoms with E-state index in [-0.39, 0.29) is 23.3 Å². The van der Waals surface area contributed by atoms with Crippen molar-refractivity contribution in [2.75, 3.05) is 25.5 Å². The number of amides is 3. The largest absolute Gasteiger partial charge is 0.476 e.